The van der Waals surface area contributed by atoms with Crippen molar-refractivity contribution in [3.05, 3.63) is 70.7 Å². The molecule has 6 heteroatoms. The first-order valence-corrected chi connectivity index (χ1v) is 8.33. The molecule has 25 heavy (non-hydrogen) atoms. The van der Waals surface area contributed by atoms with Crippen molar-refractivity contribution in [2.24, 2.45) is 0 Å². The van der Waals surface area contributed by atoms with Crippen molar-refractivity contribution < 1.29 is 19.1 Å². The number of hydrogen-bond donors (Lipinski definition) is 1. The van der Waals surface area contributed by atoms with Gasteiger partial charge in [0.2, 0.25) is 0 Å². The fourth-order valence-corrected chi connectivity index (χ4v) is 3.05. The fourth-order valence-electron chi connectivity index (χ4n) is 3.05. The lowest BCUT2D eigenvalue weighted by Crippen LogP contribution is -2.41. The summed E-state index contributed by atoms with van der Waals surface area (Å²) in [7, 11) is 0. The predicted molar refractivity (Wildman–Crippen MR) is 90.5 cm³/mol. The third-order valence-corrected chi connectivity index (χ3v) is 4.37. The molecule has 1 N–H and O–H groups in total. The van der Waals surface area contributed by atoms with Gasteiger partial charge in [0, 0.05) is 12.1 Å². The van der Waals surface area contributed by atoms with E-state index in [-0.39, 0.29) is 17.6 Å². The normalized spacial score (nSPS) is 17.2. The number of aryl methyl sites for hydroxylation is 1. The van der Waals surface area contributed by atoms with Gasteiger partial charge in [-0.25, -0.2) is 4.79 Å². The van der Waals surface area contributed by atoms with Gasteiger partial charge in [-0.3, -0.25) is 4.79 Å². The molecule has 0 radical (unpaired) electrons. The maximum Gasteiger partial charge on any atom is 0.405 e. The second-order valence-corrected chi connectivity index (χ2v) is 6.11. The van der Waals surface area contributed by atoms with Gasteiger partial charge in [-0.2, -0.15) is 4.73 Å². The van der Waals surface area contributed by atoms with Crippen molar-refractivity contribution in [3.63, 3.8) is 0 Å². The van der Waals surface area contributed by atoms with Gasteiger partial charge in [-0.15, -0.1) is 0 Å². The Morgan fingerprint density at radius 2 is 2.00 bits per heavy atom. The largest absolute Gasteiger partial charge is 0.618 e. The van der Waals surface area contributed by atoms with E-state index in [2.05, 4.69) is 11.4 Å². The van der Waals surface area contributed by atoms with Gasteiger partial charge in [0.1, 0.15) is 0 Å². The second kappa shape index (κ2) is 7.34. The first-order valence-electron chi connectivity index (χ1n) is 8.33. The molecule has 0 bridgehead atoms. The molecule has 130 valence electrons. The third kappa shape index (κ3) is 3.79. The Bertz CT molecular complexity index is 790. The molecule has 0 saturated carbocycles. The minimum atomic E-state index is -0.984. The monoisotopic (exact) mass is 340 g/mol. The molecule has 0 unspecified atom stereocenters. The molecule has 0 aliphatic heterocycles. The van der Waals surface area contributed by atoms with Crippen LogP contribution in [0.5, 0.6) is 0 Å². The van der Waals surface area contributed by atoms with Gasteiger partial charge in [0.15, 0.2) is 12.3 Å². The summed E-state index contributed by atoms with van der Waals surface area (Å²) in [6, 6.07) is 12.4. The van der Waals surface area contributed by atoms with E-state index in [1.165, 1.54) is 30.8 Å². The molecule has 1 heterocycles. The molecular formula is C19H20N2O4. The van der Waals surface area contributed by atoms with Gasteiger partial charge in [0.05, 0.1) is 6.04 Å². The molecular weight excluding hydrogens is 320 g/mol. The number of pyridine rings is 1. The number of aromatic nitrogens is 1. The molecule has 1 aromatic carbocycles. The van der Waals surface area contributed by atoms with Gasteiger partial charge >= 0.3 is 11.7 Å². The topological polar surface area (TPSA) is 82.3 Å². The zero-order chi connectivity index (χ0) is 17.8. The fraction of sp³-hybridized carbons (Fsp3) is 0.316. The highest BCUT2D eigenvalue weighted by Gasteiger charge is 2.27. The van der Waals surface area contributed by atoms with E-state index in [0.29, 0.717) is 4.73 Å². The Hall–Kier alpha value is -2.89. The van der Waals surface area contributed by atoms with Crippen molar-refractivity contribution >= 4 is 11.9 Å². The van der Waals surface area contributed by atoms with Gasteiger partial charge < -0.3 is 15.3 Å². The Balaban J connectivity index is 1.64. The molecule has 0 spiro atoms. The number of fused-ring (bicyclic) bond motifs is 1. The number of nitrogens with one attached hydrogen (secondary N) is 1. The maximum atomic E-state index is 12.4. The first kappa shape index (κ1) is 17.0. The number of nitrogens with zero attached hydrogens (tertiary/aromatic N) is 1. The van der Waals surface area contributed by atoms with Crippen LogP contribution in [0.2, 0.25) is 0 Å². The Morgan fingerprint density at radius 3 is 2.80 bits per heavy atom. The maximum absolute atomic E-state index is 12.4. The molecule has 0 fully saturated rings. The summed E-state index contributed by atoms with van der Waals surface area (Å²) in [6.07, 6.45) is 3.07. The molecule has 0 saturated heterocycles. The van der Waals surface area contributed by atoms with E-state index < -0.39 is 12.1 Å². The number of carbonyl (C=O) groups is 2. The summed E-state index contributed by atoms with van der Waals surface area (Å²) in [4.78, 5) is 24.4. The number of amides is 1. The predicted octanol–water partition coefficient (Wildman–Crippen LogP) is 2.06. The van der Waals surface area contributed by atoms with Crippen LogP contribution in [0.15, 0.2) is 48.7 Å². The average Bonchev–Trinajstić information content (AvgIpc) is 2.62. The number of rotatable bonds is 4. The molecule has 1 aliphatic rings. The van der Waals surface area contributed by atoms with Crippen molar-refractivity contribution in [2.75, 3.05) is 0 Å². The number of esters is 1. The van der Waals surface area contributed by atoms with Crippen LogP contribution in [0, 0.1) is 5.21 Å². The van der Waals surface area contributed by atoms with Crippen LogP contribution < -0.4 is 10.0 Å². The van der Waals surface area contributed by atoms with E-state index in [1.54, 1.807) is 6.07 Å². The number of carbonyl (C=O) groups excluding carboxylic acids is 2. The molecule has 6 nitrogen and oxygen atoms in total. The molecule has 2 aromatic rings. The molecule has 1 amide bonds. The van der Waals surface area contributed by atoms with E-state index in [9.17, 15) is 14.8 Å². The zero-order valence-electron chi connectivity index (χ0n) is 14.0. The molecule has 1 aliphatic carbocycles. The summed E-state index contributed by atoms with van der Waals surface area (Å²) in [5, 5.41) is 14.5. The van der Waals surface area contributed by atoms with Crippen LogP contribution in [-0.2, 0) is 16.0 Å². The third-order valence-electron chi connectivity index (χ3n) is 4.37. The number of hydrogen-bond acceptors (Lipinski definition) is 4. The smallest absolute Gasteiger partial charge is 0.405 e. The van der Waals surface area contributed by atoms with Crippen LogP contribution in [0.1, 0.15) is 47.4 Å². The molecule has 2 atom stereocenters. The van der Waals surface area contributed by atoms with Gasteiger partial charge in [0.25, 0.3) is 5.91 Å². The van der Waals surface area contributed by atoms with Crippen molar-refractivity contribution in [3.8, 4) is 0 Å². The SMILES string of the molecule is C[C@H](OC(=O)c1cccc[n+]1[O-])C(=O)N[C@H]1CCCc2ccccc21. The highest BCUT2D eigenvalue weighted by atomic mass is 16.6. The van der Waals surface area contributed by atoms with Crippen molar-refractivity contribution in [2.45, 2.75) is 38.3 Å². The van der Waals surface area contributed by atoms with Crippen molar-refractivity contribution in [1.82, 2.24) is 5.32 Å². The van der Waals surface area contributed by atoms with Gasteiger partial charge in [-0.05, 0) is 43.4 Å². The highest BCUT2D eigenvalue weighted by molar-refractivity contribution is 5.89. The van der Waals surface area contributed by atoms with Crippen LogP contribution in [-0.4, -0.2) is 18.0 Å². The minimum absolute atomic E-state index is 0.0835. The highest BCUT2D eigenvalue weighted by Crippen LogP contribution is 2.29. The Labute approximate surface area is 146 Å². The summed E-state index contributed by atoms with van der Waals surface area (Å²) >= 11 is 0. The Kier molecular flexibility index (Phi) is 4.97. The average molecular weight is 340 g/mol. The summed E-state index contributed by atoms with van der Waals surface area (Å²) < 4.78 is 5.56. The quantitative estimate of drug-likeness (QED) is 0.525. The second-order valence-electron chi connectivity index (χ2n) is 6.11. The molecule has 3 rings (SSSR count). The molecule has 1 aromatic heterocycles. The summed E-state index contributed by atoms with van der Waals surface area (Å²) in [5.74, 6) is -1.19. The van der Waals surface area contributed by atoms with Gasteiger partial charge in [-0.1, -0.05) is 24.3 Å². The minimum Gasteiger partial charge on any atom is -0.618 e. The summed E-state index contributed by atoms with van der Waals surface area (Å²) in [6.45, 7) is 1.50. The number of ether oxygens (including phenoxy) is 1. The zero-order valence-corrected chi connectivity index (χ0v) is 14.0. The number of benzene rings is 1. The van der Waals surface area contributed by atoms with E-state index in [0.717, 1.165) is 24.8 Å². The standard InChI is InChI=1S/C19H20N2O4/c1-13(25-19(23)17-11-4-5-12-21(17)24)18(22)20-16-10-6-8-14-7-2-3-9-15(14)16/h2-5,7,9,11-13,16H,6,8,10H2,1H3,(H,20,22)/t13-,16-/m0/s1. The van der Waals surface area contributed by atoms with E-state index in [4.69, 9.17) is 4.74 Å². The first-order chi connectivity index (χ1) is 12.1. The lowest BCUT2D eigenvalue weighted by molar-refractivity contribution is -0.608. The van der Waals surface area contributed by atoms with E-state index in [1.807, 2.05) is 18.2 Å². The Morgan fingerprint density at radius 1 is 1.24 bits per heavy atom. The lowest BCUT2D eigenvalue weighted by Gasteiger charge is -2.27. The van der Waals surface area contributed by atoms with Crippen LogP contribution in [0.4, 0.5) is 0 Å². The van der Waals surface area contributed by atoms with Crippen LogP contribution >= 0.6 is 0 Å². The van der Waals surface area contributed by atoms with E-state index >= 15 is 0 Å². The summed E-state index contributed by atoms with van der Waals surface area (Å²) in [5.41, 5.74) is 2.20. The van der Waals surface area contributed by atoms with Crippen molar-refractivity contribution in [1.29, 1.82) is 0 Å². The lowest BCUT2D eigenvalue weighted by atomic mass is 9.87. The van der Waals surface area contributed by atoms with Crippen LogP contribution in [0.3, 0.4) is 0 Å². The van der Waals surface area contributed by atoms with Crippen LogP contribution in [0.25, 0.3) is 0 Å².